The standard InChI is InChI=1S/C21H23N3O4/c1-3-13-21(15-7-5-4-6-8-15)19(26)24(20(27)23-21)14-18(25)22-16-9-11-17(28-2)12-10-16/h4-12H,3,13-14H2,1-2H3,(H,22,25)(H,23,27)/t21-/m1/s1. The minimum atomic E-state index is -1.13. The number of carbonyl (C=O) groups excluding carboxylic acids is 3. The number of rotatable bonds is 7. The third-order valence-corrected chi connectivity index (χ3v) is 4.74. The lowest BCUT2D eigenvalue weighted by atomic mass is 9.85. The largest absolute Gasteiger partial charge is 0.497 e. The third kappa shape index (κ3) is 3.69. The van der Waals surface area contributed by atoms with Gasteiger partial charge in [0.1, 0.15) is 17.8 Å². The second kappa shape index (κ2) is 8.12. The minimum Gasteiger partial charge on any atom is -0.497 e. The first-order valence-corrected chi connectivity index (χ1v) is 9.13. The number of ether oxygens (including phenoxy) is 1. The maximum absolute atomic E-state index is 13.1. The number of methoxy groups -OCH3 is 1. The summed E-state index contributed by atoms with van der Waals surface area (Å²) in [6.07, 6.45) is 1.16. The van der Waals surface area contributed by atoms with Gasteiger partial charge in [-0.05, 0) is 36.2 Å². The van der Waals surface area contributed by atoms with Crippen LogP contribution in [0.1, 0.15) is 25.3 Å². The first-order valence-electron chi connectivity index (χ1n) is 9.13. The monoisotopic (exact) mass is 381 g/mol. The second-order valence-electron chi connectivity index (χ2n) is 6.62. The summed E-state index contributed by atoms with van der Waals surface area (Å²) in [5, 5.41) is 5.50. The van der Waals surface area contributed by atoms with Crippen LogP contribution in [0.3, 0.4) is 0 Å². The van der Waals surface area contributed by atoms with Crippen molar-refractivity contribution in [1.82, 2.24) is 10.2 Å². The van der Waals surface area contributed by atoms with E-state index in [1.54, 1.807) is 31.4 Å². The Morgan fingerprint density at radius 3 is 2.39 bits per heavy atom. The molecular weight excluding hydrogens is 358 g/mol. The number of nitrogens with zero attached hydrogens (tertiary/aromatic N) is 1. The van der Waals surface area contributed by atoms with Crippen LogP contribution in [0.5, 0.6) is 5.75 Å². The average Bonchev–Trinajstić information content (AvgIpc) is 2.94. The van der Waals surface area contributed by atoms with Gasteiger partial charge >= 0.3 is 6.03 Å². The highest BCUT2D eigenvalue weighted by Gasteiger charge is 2.52. The lowest BCUT2D eigenvalue weighted by molar-refractivity contribution is -0.134. The van der Waals surface area contributed by atoms with Crippen LogP contribution >= 0.6 is 0 Å². The lowest BCUT2D eigenvalue weighted by Gasteiger charge is -2.26. The molecule has 7 heteroatoms. The molecule has 1 fully saturated rings. The van der Waals surface area contributed by atoms with Gasteiger partial charge in [0.05, 0.1) is 7.11 Å². The van der Waals surface area contributed by atoms with Crippen LogP contribution in [0.4, 0.5) is 10.5 Å². The molecule has 0 radical (unpaired) electrons. The van der Waals surface area contributed by atoms with Gasteiger partial charge in [-0.15, -0.1) is 0 Å². The average molecular weight is 381 g/mol. The van der Waals surface area contributed by atoms with E-state index in [2.05, 4.69) is 10.6 Å². The smallest absolute Gasteiger partial charge is 0.325 e. The van der Waals surface area contributed by atoms with E-state index in [0.29, 0.717) is 29.8 Å². The highest BCUT2D eigenvalue weighted by Crippen LogP contribution is 2.33. The normalized spacial score (nSPS) is 18.7. The van der Waals surface area contributed by atoms with Crippen LogP contribution in [-0.4, -0.2) is 36.4 Å². The SMILES string of the molecule is CCC[C@]1(c2ccccc2)NC(=O)N(CC(=O)Nc2ccc(OC)cc2)C1=O. The molecular formula is C21H23N3O4. The summed E-state index contributed by atoms with van der Waals surface area (Å²) in [5.74, 6) is -0.191. The zero-order valence-corrected chi connectivity index (χ0v) is 15.9. The van der Waals surface area contributed by atoms with Crippen molar-refractivity contribution in [2.75, 3.05) is 19.0 Å². The molecule has 28 heavy (non-hydrogen) atoms. The van der Waals surface area contributed by atoms with Crippen LogP contribution in [0.25, 0.3) is 0 Å². The first kappa shape index (κ1) is 19.4. The lowest BCUT2D eigenvalue weighted by Crippen LogP contribution is -2.44. The summed E-state index contributed by atoms with van der Waals surface area (Å²) >= 11 is 0. The number of nitrogens with one attached hydrogen (secondary N) is 2. The van der Waals surface area contributed by atoms with Crippen LogP contribution in [0.15, 0.2) is 54.6 Å². The highest BCUT2D eigenvalue weighted by atomic mass is 16.5. The van der Waals surface area contributed by atoms with Crippen molar-refractivity contribution in [3.05, 3.63) is 60.2 Å². The Hall–Kier alpha value is -3.35. The molecule has 0 unspecified atom stereocenters. The van der Waals surface area contributed by atoms with Gasteiger partial charge in [-0.2, -0.15) is 0 Å². The Bertz CT molecular complexity index is 867. The molecule has 1 aliphatic heterocycles. The molecule has 1 heterocycles. The number of carbonyl (C=O) groups is 3. The Balaban J connectivity index is 1.76. The van der Waals surface area contributed by atoms with E-state index >= 15 is 0 Å². The van der Waals surface area contributed by atoms with Gasteiger partial charge in [-0.25, -0.2) is 4.79 Å². The molecule has 0 bridgehead atoms. The zero-order valence-electron chi connectivity index (χ0n) is 15.9. The van der Waals surface area contributed by atoms with Gasteiger partial charge in [-0.1, -0.05) is 43.7 Å². The molecule has 1 aliphatic rings. The second-order valence-corrected chi connectivity index (χ2v) is 6.62. The van der Waals surface area contributed by atoms with Crippen molar-refractivity contribution in [2.24, 2.45) is 0 Å². The van der Waals surface area contributed by atoms with E-state index in [-0.39, 0.29) is 6.54 Å². The van der Waals surface area contributed by atoms with E-state index in [9.17, 15) is 14.4 Å². The van der Waals surface area contributed by atoms with Crippen LogP contribution in [0.2, 0.25) is 0 Å². The van der Waals surface area contributed by atoms with Crippen molar-refractivity contribution in [2.45, 2.75) is 25.3 Å². The highest BCUT2D eigenvalue weighted by molar-refractivity contribution is 6.10. The Kier molecular flexibility index (Phi) is 5.63. The molecule has 0 aromatic heterocycles. The number of urea groups is 1. The van der Waals surface area contributed by atoms with Gasteiger partial charge in [0, 0.05) is 5.69 Å². The van der Waals surface area contributed by atoms with Crippen LogP contribution in [-0.2, 0) is 15.1 Å². The molecule has 146 valence electrons. The molecule has 2 aromatic rings. The van der Waals surface area contributed by atoms with Crippen LogP contribution in [0, 0.1) is 0 Å². The molecule has 2 N–H and O–H groups in total. The molecule has 2 aromatic carbocycles. The maximum atomic E-state index is 13.1. The van der Waals surface area contributed by atoms with Gasteiger partial charge in [0.2, 0.25) is 5.91 Å². The zero-order chi connectivity index (χ0) is 20.1. The Labute approximate surface area is 163 Å². The van der Waals surface area contributed by atoms with Crippen molar-refractivity contribution in [3.8, 4) is 5.75 Å². The van der Waals surface area contributed by atoms with Crippen molar-refractivity contribution >= 4 is 23.5 Å². The molecule has 1 atom stereocenters. The topological polar surface area (TPSA) is 87.7 Å². The first-order chi connectivity index (χ1) is 13.5. The molecule has 0 saturated carbocycles. The number of anilines is 1. The quantitative estimate of drug-likeness (QED) is 0.722. The molecule has 3 rings (SSSR count). The molecule has 7 nitrogen and oxygen atoms in total. The number of imide groups is 1. The summed E-state index contributed by atoms with van der Waals surface area (Å²) in [6.45, 7) is 1.60. The van der Waals surface area contributed by atoms with Gasteiger partial charge in [0.25, 0.3) is 5.91 Å². The van der Waals surface area contributed by atoms with Gasteiger partial charge < -0.3 is 15.4 Å². The molecule has 0 spiro atoms. The fraction of sp³-hybridized carbons (Fsp3) is 0.286. The van der Waals surface area contributed by atoms with Gasteiger partial charge in [-0.3, -0.25) is 14.5 Å². The van der Waals surface area contributed by atoms with Crippen molar-refractivity contribution < 1.29 is 19.1 Å². The summed E-state index contributed by atoms with van der Waals surface area (Å²) in [7, 11) is 1.56. The Morgan fingerprint density at radius 1 is 1.11 bits per heavy atom. The maximum Gasteiger partial charge on any atom is 0.325 e. The molecule has 1 saturated heterocycles. The number of hydrogen-bond donors (Lipinski definition) is 2. The summed E-state index contributed by atoms with van der Waals surface area (Å²) in [4.78, 5) is 39.0. The number of amides is 4. The Morgan fingerprint density at radius 2 is 1.79 bits per heavy atom. The fourth-order valence-corrected chi connectivity index (χ4v) is 3.40. The van der Waals surface area contributed by atoms with Crippen molar-refractivity contribution in [1.29, 1.82) is 0 Å². The summed E-state index contributed by atoms with van der Waals surface area (Å²) in [5.41, 5.74) is 0.141. The van der Waals surface area contributed by atoms with E-state index in [4.69, 9.17) is 4.74 Å². The summed E-state index contributed by atoms with van der Waals surface area (Å²) in [6, 6.07) is 15.4. The number of benzene rings is 2. The molecule has 0 aliphatic carbocycles. The van der Waals surface area contributed by atoms with Crippen LogP contribution < -0.4 is 15.4 Å². The van der Waals surface area contributed by atoms with Crippen molar-refractivity contribution in [3.63, 3.8) is 0 Å². The van der Waals surface area contributed by atoms with E-state index in [1.165, 1.54) is 0 Å². The fourth-order valence-electron chi connectivity index (χ4n) is 3.40. The molecule has 4 amide bonds. The minimum absolute atomic E-state index is 0.352. The predicted octanol–water partition coefficient (Wildman–Crippen LogP) is 2.88. The number of hydrogen-bond acceptors (Lipinski definition) is 4. The summed E-state index contributed by atoms with van der Waals surface area (Å²) < 4.78 is 5.08. The van der Waals surface area contributed by atoms with E-state index in [0.717, 1.165) is 4.90 Å². The predicted molar refractivity (Wildman–Crippen MR) is 105 cm³/mol. The van der Waals surface area contributed by atoms with Gasteiger partial charge in [0.15, 0.2) is 0 Å². The third-order valence-electron chi connectivity index (χ3n) is 4.74. The van der Waals surface area contributed by atoms with E-state index in [1.807, 2.05) is 37.3 Å². The van der Waals surface area contributed by atoms with E-state index < -0.39 is 23.4 Å².